The molecule has 64 valence electrons. The summed E-state index contributed by atoms with van der Waals surface area (Å²) in [7, 11) is 0. The Morgan fingerprint density at radius 2 is 1.73 bits per heavy atom. The number of aliphatic carboxylic acids is 1. The van der Waals surface area contributed by atoms with E-state index in [0.717, 1.165) is 6.92 Å². The lowest BCUT2D eigenvalue weighted by molar-refractivity contribution is -0.134. The van der Waals surface area contributed by atoms with Gasteiger partial charge in [0.1, 0.15) is 5.60 Å². The minimum atomic E-state index is -0.833. The van der Waals surface area contributed by atoms with Gasteiger partial charge in [0.15, 0.2) is 0 Å². The fourth-order valence-corrected chi connectivity index (χ4v) is 0.306. The first-order valence-electron chi connectivity index (χ1n) is 3.15. The molecule has 0 saturated carbocycles. The number of rotatable bonds is 0. The minimum Gasteiger partial charge on any atom is -0.481 e. The molecule has 0 aliphatic carbocycles. The highest BCUT2D eigenvalue weighted by molar-refractivity contribution is 5.62. The molecule has 0 fully saturated rings. The van der Waals surface area contributed by atoms with E-state index in [0.29, 0.717) is 0 Å². The highest BCUT2D eigenvalue weighted by Crippen LogP contribution is 1.95. The summed E-state index contributed by atoms with van der Waals surface area (Å²) >= 11 is 0. The molecule has 0 amide bonds. The largest absolute Gasteiger partial charge is 0.481 e. The van der Waals surface area contributed by atoms with Crippen molar-refractivity contribution in [3.05, 3.63) is 0 Å². The molecule has 0 aromatic carbocycles. The molecule has 0 spiro atoms. The van der Waals surface area contributed by atoms with Crippen LogP contribution in [-0.2, 0) is 4.79 Å². The number of hydrogen-bond acceptors (Lipinski definition) is 2. The van der Waals surface area contributed by atoms with Crippen molar-refractivity contribution in [3.8, 4) is 11.8 Å². The lowest BCUT2D eigenvalue weighted by atomic mass is 10.1. The Morgan fingerprint density at radius 1 is 1.45 bits per heavy atom. The molecule has 0 radical (unpaired) electrons. The minimum absolute atomic E-state index is 0.811. The lowest BCUT2D eigenvalue weighted by Gasteiger charge is -2.04. The monoisotopic (exact) mass is 158 g/mol. The molecule has 0 heterocycles. The number of carboxylic acid groups (broad SMARTS) is 1. The van der Waals surface area contributed by atoms with E-state index in [1.807, 2.05) is 0 Å². The maximum absolute atomic E-state index is 9.00. The van der Waals surface area contributed by atoms with Crippen LogP contribution in [0, 0.1) is 11.8 Å². The molecule has 3 nitrogen and oxygen atoms in total. The summed E-state index contributed by atoms with van der Waals surface area (Å²) in [6, 6.07) is 0. The van der Waals surface area contributed by atoms with Gasteiger partial charge >= 0.3 is 0 Å². The Labute approximate surface area is 67.0 Å². The van der Waals surface area contributed by atoms with Crippen molar-refractivity contribution in [1.29, 1.82) is 0 Å². The summed E-state index contributed by atoms with van der Waals surface area (Å²) in [4.78, 5) is 9.00. The average molecular weight is 158 g/mol. The fourth-order valence-electron chi connectivity index (χ4n) is 0.306. The normalized spacial score (nSPS) is 8.45. The third-order valence-electron chi connectivity index (χ3n) is 0.431. The molecular weight excluding hydrogens is 144 g/mol. The van der Waals surface area contributed by atoms with Crippen LogP contribution in [0.3, 0.4) is 0 Å². The van der Waals surface area contributed by atoms with Crippen molar-refractivity contribution in [2.45, 2.75) is 33.3 Å². The Balaban J connectivity index is 0. The van der Waals surface area contributed by atoms with E-state index in [1.54, 1.807) is 20.8 Å². The quantitative estimate of drug-likeness (QED) is 0.514. The Hall–Kier alpha value is -1.01. The lowest BCUT2D eigenvalue weighted by Crippen LogP contribution is -2.14. The standard InChI is InChI=1S/C6H10O.C2H4O2/c1-4-5-6(2,3)7;1-2(3)4/h7H,1-3H3;1H3,(H,3,4). The van der Waals surface area contributed by atoms with Gasteiger partial charge in [-0.05, 0) is 20.8 Å². The summed E-state index contributed by atoms with van der Waals surface area (Å²) in [5.41, 5.74) is -0.811. The van der Waals surface area contributed by atoms with E-state index in [-0.39, 0.29) is 0 Å². The number of hydrogen-bond donors (Lipinski definition) is 2. The molecule has 0 aromatic rings. The number of carboxylic acids is 1. The predicted octanol–water partition coefficient (Wildman–Crippen LogP) is 0.871. The third-order valence-corrected chi connectivity index (χ3v) is 0.431. The second-order valence-corrected chi connectivity index (χ2v) is 2.45. The first-order valence-corrected chi connectivity index (χ1v) is 3.15. The Kier molecular flexibility index (Phi) is 6.61. The van der Waals surface area contributed by atoms with Gasteiger partial charge in [0.25, 0.3) is 5.97 Å². The zero-order chi connectivity index (χ0) is 9.49. The van der Waals surface area contributed by atoms with Crippen LogP contribution in [0.25, 0.3) is 0 Å². The molecule has 11 heavy (non-hydrogen) atoms. The van der Waals surface area contributed by atoms with Crippen molar-refractivity contribution in [1.82, 2.24) is 0 Å². The predicted molar refractivity (Wildman–Crippen MR) is 43.1 cm³/mol. The summed E-state index contributed by atoms with van der Waals surface area (Å²) in [5.74, 6) is 4.36. The van der Waals surface area contributed by atoms with E-state index in [9.17, 15) is 0 Å². The Morgan fingerprint density at radius 3 is 1.73 bits per heavy atom. The van der Waals surface area contributed by atoms with Crippen LogP contribution in [0.2, 0.25) is 0 Å². The van der Waals surface area contributed by atoms with Crippen LogP contribution in [0.1, 0.15) is 27.7 Å². The van der Waals surface area contributed by atoms with Gasteiger partial charge in [0.2, 0.25) is 0 Å². The van der Waals surface area contributed by atoms with E-state index >= 15 is 0 Å². The molecule has 0 saturated heterocycles. The van der Waals surface area contributed by atoms with Crippen LogP contribution >= 0.6 is 0 Å². The van der Waals surface area contributed by atoms with E-state index in [1.165, 1.54) is 0 Å². The first kappa shape index (κ1) is 12.6. The van der Waals surface area contributed by atoms with Crippen LogP contribution in [0.15, 0.2) is 0 Å². The second kappa shape index (κ2) is 5.75. The van der Waals surface area contributed by atoms with Crippen molar-refractivity contribution in [2.24, 2.45) is 0 Å². The van der Waals surface area contributed by atoms with Gasteiger partial charge in [-0.2, -0.15) is 0 Å². The zero-order valence-electron chi connectivity index (χ0n) is 7.30. The molecule has 2 N–H and O–H groups in total. The second-order valence-electron chi connectivity index (χ2n) is 2.45. The Bertz CT molecular complexity index is 162. The van der Waals surface area contributed by atoms with Crippen molar-refractivity contribution in [3.63, 3.8) is 0 Å². The highest BCUT2D eigenvalue weighted by Gasteiger charge is 2.03. The maximum atomic E-state index is 9.00. The van der Waals surface area contributed by atoms with Gasteiger partial charge in [-0.15, -0.1) is 5.92 Å². The van der Waals surface area contributed by atoms with Gasteiger partial charge in [-0.1, -0.05) is 5.92 Å². The van der Waals surface area contributed by atoms with Crippen LogP contribution < -0.4 is 0 Å². The molecule has 0 rings (SSSR count). The topological polar surface area (TPSA) is 57.5 Å². The summed E-state index contributed by atoms with van der Waals surface area (Å²) in [6.45, 7) is 6.10. The number of aliphatic hydroxyl groups is 1. The molecule has 3 heteroatoms. The van der Waals surface area contributed by atoms with Gasteiger partial charge < -0.3 is 10.2 Å². The van der Waals surface area contributed by atoms with Gasteiger partial charge in [0.05, 0.1) is 0 Å². The first-order chi connectivity index (χ1) is 4.79. The molecule has 0 aliphatic heterocycles. The van der Waals surface area contributed by atoms with E-state index in [2.05, 4.69) is 11.8 Å². The van der Waals surface area contributed by atoms with Gasteiger partial charge in [-0.25, -0.2) is 0 Å². The average Bonchev–Trinajstić information content (AvgIpc) is 1.58. The molecule has 0 aliphatic rings. The molecule has 0 aromatic heterocycles. The van der Waals surface area contributed by atoms with Gasteiger partial charge in [-0.3, -0.25) is 4.79 Å². The molecular formula is C8H14O3. The van der Waals surface area contributed by atoms with Crippen LogP contribution in [0.4, 0.5) is 0 Å². The SMILES string of the molecule is CC#CC(C)(C)O.CC(=O)O. The molecule has 0 atom stereocenters. The van der Waals surface area contributed by atoms with E-state index < -0.39 is 11.6 Å². The fraction of sp³-hybridized carbons (Fsp3) is 0.625. The maximum Gasteiger partial charge on any atom is 0.300 e. The highest BCUT2D eigenvalue weighted by atomic mass is 16.4. The van der Waals surface area contributed by atoms with Crippen molar-refractivity contribution < 1.29 is 15.0 Å². The number of carbonyl (C=O) groups is 1. The van der Waals surface area contributed by atoms with Gasteiger partial charge in [0, 0.05) is 6.92 Å². The zero-order valence-corrected chi connectivity index (χ0v) is 7.30. The summed E-state index contributed by atoms with van der Waals surface area (Å²) in [6.07, 6.45) is 0. The van der Waals surface area contributed by atoms with Crippen molar-refractivity contribution in [2.75, 3.05) is 0 Å². The van der Waals surface area contributed by atoms with E-state index in [4.69, 9.17) is 15.0 Å². The smallest absolute Gasteiger partial charge is 0.300 e. The molecule has 0 unspecified atom stereocenters. The van der Waals surface area contributed by atoms with Crippen molar-refractivity contribution >= 4 is 5.97 Å². The summed E-state index contributed by atoms with van der Waals surface area (Å²) < 4.78 is 0. The third kappa shape index (κ3) is 49.1. The summed E-state index contributed by atoms with van der Waals surface area (Å²) in [5, 5.41) is 16.3. The van der Waals surface area contributed by atoms with Crippen LogP contribution in [0.5, 0.6) is 0 Å². The molecule has 0 bridgehead atoms. The van der Waals surface area contributed by atoms with Crippen LogP contribution in [-0.4, -0.2) is 21.8 Å².